The van der Waals surface area contributed by atoms with E-state index in [0.29, 0.717) is 6.73 Å². The fraction of sp³-hybridized carbons (Fsp3) is 0.200. The predicted molar refractivity (Wildman–Crippen MR) is 68.1 cm³/mol. The molecule has 0 aromatic heterocycles. The van der Waals surface area contributed by atoms with Crippen LogP contribution >= 0.6 is 0 Å². The zero-order valence-electron chi connectivity index (χ0n) is 10.4. The summed E-state index contributed by atoms with van der Waals surface area (Å²) in [5, 5.41) is 0. The zero-order chi connectivity index (χ0) is 11.7. The summed E-state index contributed by atoms with van der Waals surface area (Å²) in [6.45, 7) is 3.59. The van der Waals surface area contributed by atoms with Crippen LogP contribution in [0.2, 0.25) is 0 Å². The normalized spacial score (nSPS) is 13.3. The number of rotatable bonds is 1. The van der Waals surface area contributed by atoms with Crippen LogP contribution in [0.1, 0.15) is 11.1 Å². The molecule has 0 saturated heterocycles. The number of anilines is 1. The molecule has 3 rings (SSSR count). The van der Waals surface area contributed by atoms with Crippen LogP contribution < -0.4 is 9.64 Å². The van der Waals surface area contributed by atoms with Crippen LogP contribution in [0.25, 0.3) is 0 Å². The Morgan fingerprint density at radius 2 is 2.17 bits per heavy atom. The third kappa shape index (κ3) is 2.76. The van der Waals surface area contributed by atoms with Crippen LogP contribution in [0.4, 0.5) is 5.69 Å². The summed E-state index contributed by atoms with van der Waals surface area (Å²) in [7, 11) is 0. The van der Waals surface area contributed by atoms with Crippen molar-refractivity contribution in [3.63, 3.8) is 0 Å². The Hall–Kier alpha value is -0.856. The van der Waals surface area contributed by atoms with Gasteiger partial charge in [0.15, 0.2) is 6.73 Å². The van der Waals surface area contributed by atoms with Crippen molar-refractivity contribution in [1.82, 2.24) is 0 Å². The van der Waals surface area contributed by atoms with E-state index in [9.17, 15) is 0 Å². The first kappa shape index (κ1) is 13.6. The van der Waals surface area contributed by atoms with Crippen molar-refractivity contribution in [3.8, 4) is 5.75 Å². The Morgan fingerprint density at radius 3 is 2.94 bits per heavy atom. The number of nitrogens with zero attached hydrogens (tertiary/aromatic N) is 1. The van der Waals surface area contributed by atoms with E-state index >= 15 is 0 Å². The van der Waals surface area contributed by atoms with Gasteiger partial charge in [-0.15, -0.1) is 6.07 Å². The molecular weight excluding hydrogens is 299 g/mol. The van der Waals surface area contributed by atoms with E-state index in [1.54, 1.807) is 0 Å². The number of aryl methyl sites for hydroxylation is 1. The fourth-order valence-electron chi connectivity index (χ4n) is 2.07. The van der Waals surface area contributed by atoms with Gasteiger partial charge >= 0.3 is 0 Å². The molecule has 0 aliphatic carbocycles. The summed E-state index contributed by atoms with van der Waals surface area (Å²) in [6.07, 6.45) is 0. The molecule has 1 radical (unpaired) electrons. The van der Waals surface area contributed by atoms with Gasteiger partial charge in [0.2, 0.25) is 0 Å². The molecule has 0 bridgehead atoms. The van der Waals surface area contributed by atoms with Gasteiger partial charge in [0.05, 0.1) is 0 Å². The van der Waals surface area contributed by atoms with Gasteiger partial charge < -0.3 is 9.64 Å². The first-order valence-corrected chi connectivity index (χ1v) is 5.76. The fourth-order valence-corrected chi connectivity index (χ4v) is 2.07. The summed E-state index contributed by atoms with van der Waals surface area (Å²) < 4.78 is 5.78. The average Bonchev–Trinajstić information content (AvgIpc) is 2.39. The summed E-state index contributed by atoms with van der Waals surface area (Å²) in [5.41, 5.74) is 3.63. The molecule has 1 aliphatic rings. The Morgan fingerprint density at radius 1 is 1.28 bits per heavy atom. The molecule has 89 valence electrons. The van der Waals surface area contributed by atoms with Crippen LogP contribution in [-0.4, -0.2) is 6.73 Å². The van der Waals surface area contributed by atoms with Crippen molar-refractivity contribution < 1.29 is 37.4 Å². The summed E-state index contributed by atoms with van der Waals surface area (Å²) in [4.78, 5) is 2.20. The van der Waals surface area contributed by atoms with Gasteiger partial charge in [-0.2, -0.15) is 24.3 Å². The van der Waals surface area contributed by atoms with Crippen molar-refractivity contribution in [2.75, 3.05) is 11.6 Å². The molecule has 0 saturated carbocycles. The second kappa shape index (κ2) is 5.86. The Balaban J connectivity index is 0.00000120. The van der Waals surface area contributed by atoms with Gasteiger partial charge in [0, 0.05) is 44.8 Å². The van der Waals surface area contributed by atoms with Gasteiger partial charge in [0.1, 0.15) is 5.75 Å². The molecule has 0 fully saturated rings. The van der Waals surface area contributed by atoms with Crippen LogP contribution in [0.15, 0.2) is 42.5 Å². The van der Waals surface area contributed by atoms with E-state index in [1.165, 1.54) is 11.1 Å². The number of ether oxygens (including phenoxy) is 1. The molecule has 0 unspecified atom stereocenters. The average molecular weight is 313 g/mol. The number of hydrogen-bond acceptors (Lipinski definition) is 2. The molecule has 1 aliphatic heterocycles. The van der Waals surface area contributed by atoms with Crippen LogP contribution in [0, 0.1) is 13.0 Å². The van der Waals surface area contributed by atoms with Crippen molar-refractivity contribution in [1.29, 1.82) is 0 Å². The molecule has 2 nitrogen and oxygen atoms in total. The van der Waals surface area contributed by atoms with Crippen molar-refractivity contribution in [2.24, 2.45) is 0 Å². The maximum absolute atomic E-state index is 5.78. The number of hydrogen-bond donors (Lipinski definition) is 0. The minimum Gasteiger partial charge on any atom is -0.474 e. The first-order valence-electron chi connectivity index (χ1n) is 5.76. The monoisotopic (exact) mass is 313 g/mol. The van der Waals surface area contributed by atoms with Gasteiger partial charge in [-0.05, 0) is 18.6 Å². The first-order chi connectivity index (χ1) is 8.33. The van der Waals surface area contributed by atoms with Crippen molar-refractivity contribution >= 4 is 5.69 Å². The van der Waals surface area contributed by atoms with E-state index < -0.39 is 0 Å². The van der Waals surface area contributed by atoms with E-state index in [-0.39, 0.29) is 32.7 Å². The smallest absolute Gasteiger partial charge is 0.151 e. The van der Waals surface area contributed by atoms with Crippen LogP contribution in [0.5, 0.6) is 5.75 Å². The predicted octanol–water partition coefficient (Wildman–Crippen LogP) is 3.15. The largest absolute Gasteiger partial charge is 0.474 e. The second-order valence-electron chi connectivity index (χ2n) is 4.34. The van der Waals surface area contributed by atoms with Crippen LogP contribution in [-0.2, 0) is 39.3 Å². The molecular formula is C15H14NOY-. The standard InChI is InChI=1S/C15H14NO.Y/c1-12-7-8-13-10-16(11-17-15(13)9-12)14-5-3-2-4-6-14;/h2-3,5-9H,10-11H2,1H3;/q-1;. The van der Waals surface area contributed by atoms with Gasteiger partial charge in [-0.3, -0.25) is 0 Å². The molecule has 3 heteroatoms. The molecule has 18 heavy (non-hydrogen) atoms. The number of fused-ring (bicyclic) bond motifs is 1. The SMILES string of the molecule is Cc1ccc2c(c1)OCN(c1c[c-]ccc1)C2.[Y]. The molecule has 0 spiro atoms. The van der Waals surface area contributed by atoms with Crippen LogP contribution in [0.3, 0.4) is 0 Å². The Labute approximate surface area is 133 Å². The van der Waals surface area contributed by atoms with Crippen molar-refractivity contribution in [2.45, 2.75) is 13.5 Å². The number of benzene rings is 2. The van der Waals surface area contributed by atoms with E-state index in [1.807, 2.05) is 18.2 Å². The van der Waals surface area contributed by atoms with Gasteiger partial charge in [-0.25, -0.2) is 0 Å². The van der Waals surface area contributed by atoms with Crippen molar-refractivity contribution in [3.05, 3.63) is 59.7 Å². The van der Waals surface area contributed by atoms with Gasteiger partial charge in [-0.1, -0.05) is 17.8 Å². The maximum Gasteiger partial charge on any atom is 0.151 e. The second-order valence-corrected chi connectivity index (χ2v) is 4.34. The molecule has 1 heterocycles. The van der Waals surface area contributed by atoms with Gasteiger partial charge in [0.25, 0.3) is 0 Å². The quantitative estimate of drug-likeness (QED) is 0.750. The minimum atomic E-state index is 0. The maximum atomic E-state index is 5.78. The molecule has 2 aromatic rings. The topological polar surface area (TPSA) is 12.5 Å². The summed E-state index contributed by atoms with van der Waals surface area (Å²) in [5.74, 6) is 1.01. The molecule has 0 amide bonds. The summed E-state index contributed by atoms with van der Waals surface area (Å²) >= 11 is 0. The molecule has 0 N–H and O–H groups in total. The minimum absolute atomic E-state index is 0. The zero-order valence-corrected chi connectivity index (χ0v) is 13.2. The molecule has 2 aromatic carbocycles. The Bertz CT molecular complexity index is 527. The van der Waals surface area contributed by atoms with E-state index in [0.717, 1.165) is 18.0 Å². The third-order valence-electron chi connectivity index (χ3n) is 3.02. The third-order valence-corrected chi connectivity index (χ3v) is 3.02. The van der Waals surface area contributed by atoms with E-state index in [4.69, 9.17) is 4.74 Å². The summed E-state index contributed by atoms with van der Waals surface area (Å²) in [6, 6.07) is 17.4. The molecule has 0 atom stereocenters. The van der Waals surface area contributed by atoms with E-state index in [2.05, 4.69) is 42.2 Å². The Kier molecular flexibility index (Phi) is 4.42.